The van der Waals surface area contributed by atoms with Gasteiger partial charge in [-0.15, -0.1) is 10.2 Å². The number of aryl methyl sites for hydroxylation is 2. The van der Waals surface area contributed by atoms with Crippen LogP contribution in [0.3, 0.4) is 0 Å². The van der Waals surface area contributed by atoms with E-state index in [1.165, 1.54) is 0 Å². The molecule has 7 heteroatoms. The molecule has 0 aromatic carbocycles. The zero-order valence-electron chi connectivity index (χ0n) is 11.5. The van der Waals surface area contributed by atoms with Gasteiger partial charge in [0.2, 0.25) is 5.95 Å². The van der Waals surface area contributed by atoms with Crippen LogP contribution in [-0.2, 0) is 6.54 Å². The molecule has 0 saturated heterocycles. The summed E-state index contributed by atoms with van der Waals surface area (Å²) < 4.78 is 2.04. The highest BCUT2D eigenvalue weighted by Gasteiger charge is 2.14. The molecule has 0 aliphatic rings. The van der Waals surface area contributed by atoms with Gasteiger partial charge in [0.15, 0.2) is 5.82 Å². The minimum absolute atomic E-state index is 0.00190. The summed E-state index contributed by atoms with van der Waals surface area (Å²) in [5.41, 5.74) is 6.55. The zero-order chi connectivity index (χ0) is 13.8. The maximum atomic E-state index is 5.60. The molecule has 0 spiro atoms. The second-order valence-corrected chi connectivity index (χ2v) is 4.51. The normalized spacial score (nSPS) is 12.4. The third-order valence-corrected chi connectivity index (χ3v) is 2.84. The summed E-state index contributed by atoms with van der Waals surface area (Å²) in [5, 5.41) is 11.4. The Morgan fingerprint density at radius 3 is 3.00 bits per heavy atom. The first-order chi connectivity index (χ1) is 9.11. The maximum absolute atomic E-state index is 5.60. The molecule has 7 nitrogen and oxygen atoms in total. The van der Waals surface area contributed by atoms with Crippen LogP contribution in [0.4, 0.5) is 11.8 Å². The van der Waals surface area contributed by atoms with Gasteiger partial charge in [-0.3, -0.25) is 0 Å². The van der Waals surface area contributed by atoms with Crippen molar-refractivity contribution in [3.05, 3.63) is 23.9 Å². The largest absolute Gasteiger partial charge is 0.368 e. The predicted molar refractivity (Wildman–Crippen MR) is 73.5 cm³/mol. The average molecular weight is 261 g/mol. The smallest absolute Gasteiger partial charge is 0.221 e. The van der Waals surface area contributed by atoms with Crippen LogP contribution in [0.2, 0.25) is 0 Å². The Morgan fingerprint density at radius 1 is 1.47 bits per heavy atom. The van der Waals surface area contributed by atoms with Gasteiger partial charge in [0.25, 0.3) is 0 Å². The van der Waals surface area contributed by atoms with Crippen LogP contribution in [0.15, 0.2) is 12.5 Å². The fourth-order valence-corrected chi connectivity index (χ4v) is 1.88. The number of aromatic nitrogens is 5. The monoisotopic (exact) mass is 261 g/mol. The summed E-state index contributed by atoms with van der Waals surface area (Å²) in [6, 6.07) is 0.00190. The molecular weight excluding hydrogens is 242 g/mol. The van der Waals surface area contributed by atoms with Gasteiger partial charge in [-0.2, -0.15) is 4.98 Å². The molecule has 0 aliphatic heterocycles. The van der Waals surface area contributed by atoms with E-state index in [2.05, 4.69) is 32.4 Å². The third kappa shape index (κ3) is 2.98. The molecule has 0 radical (unpaired) electrons. The summed E-state index contributed by atoms with van der Waals surface area (Å²) >= 11 is 0. The SMILES string of the molecule is CCCn1cnnc1C(C)Nc1nc(N)ncc1C. The molecule has 0 saturated carbocycles. The number of hydrogen-bond acceptors (Lipinski definition) is 6. The molecule has 1 unspecified atom stereocenters. The third-order valence-electron chi connectivity index (χ3n) is 2.84. The maximum Gasteiger partial charge on any atom is 0.221 e. The van der Waals surface area contributed by atoms with Crippen molar-refractivity contribution in [2.24, 2.45) is 0 Å². The van der Waals surface area contributed by atoms with E-state index in [1.54, 1.807) is 12.5 Å². The van der Waals surface area contributed by atoms with Gasteiger partial charge in [0, 0.05) is 18.3 Å². The van der Waals surface area contributed by atoms with E-state index < -0.39 is 0 Å². The molecule has 0 fully saturated rings. The summed E-state index contributed by atoms with van der Waals surface area (Å²) in [6.07, 6.45) is 4.49. The second-order valence-electron chi connectivity index (χ2n) is 4.51. The van der Waals surface area contributed by atoms with Crippen molar-refractivity contribution in [2.75, 3.05) is 11.1 Å². The molecule has 0 aliphatic carbocycles. The van der Waals surface area contributed by atoms with Crippen LogP contribution < -0.4 is 11.1 Å². The lowest BCUT2D eigenvalue weighted by molar-refractivity contribution is 0.613. The Morgan fingerprint density at radius 2 is 2.26 bits per heavy atom. The molecule has 1 atom stereocenters. The molecule has 2 aromatic heterocycles. The molecule has 0 amide bonds. The van der Waals surface area contributed by atoms with Crippen LogP contribution >= 0.6 is 0 Å². The van der Waals surface area contributed by atoms with Crippen molar-refractivity contribution in [1.82, 2.24) is 24.7 Å². The Balaban J connectivity index is 2.18. The number of anilines is 2. The lowest BCUT2D eigenvalue weighted by Gasteiger charge is -2.16. The quantitative estimate of drug-likeness (QED) is 0.847. The molecule has 2 heterocycles. The van der Waals surface area contributed by atoms with Crippen molar-refractivity contribution in [3.8, 4) is 0 Å². The van der Waals surface area contributed by atoms with Gasteiger partial charge >= 0.3 is 0 Å². The van der Waals surface area contributed by atoms with Gasteiger partial charge in [-0.1, -0.05) is 6.92 Å². The van der Waals surface area contributed by atoms with E-state index in [0.29, 0.717) is 0 Å². The topological polar surface area (TPSA) is 94.5 Å². The van der Waals surface area contributed by atoms with Crippen LogP contribution in [0.25, 0.3) is 0 Å². The van der Waals surface area contributed by atoms with Crippen molar-refractivity contribution in [2.45, 2.75) is 39.8 Å². The number of hydrogen-bond donors (Lipinski definition) is 2. The Labute approximate surface area is 112 Å². The first-order valence-corrected chi connectivity index (χ1v) is 6.35. The highest BCUT2D eigenvalue weighted by atomic mass is 15.3. The van der Waals surface area contributed by atoms with Crippen LogP contribution in [0.5, 0.6) is 0 Å². The first-order valence-electron chi connectivity index (χ1n) is 6.35. The lowest BCUT2D eigenvalue weighted by Crippen LogP contribution is -2.15. The van der Waals surface area contributed by atoms with E-state index in [1.807, 2.05) is 18.4 Å². The van der Waals surface area contributed by atoms with Crippen LogP contribution in [0.1, 0.15) is 37.7 Å². The average Bonchev–Trinajstić information content (AvgIpc) is 2.82. The van der Waals surface area contributed by atoms with Gasteiger partial charge in [0.05, 0.1) is 6.04 Å². The minimum atomic E-state index is 0.00190. The van der Waals surface area contributed by atoms with Crippen molar-refractivity contribution in [3.63, 3.8) is 0 Å². The van der Waals surface area contributed by atoms with Gasteiger partial charge < -0.3 is 15.6 Å². The number of nitrogens with two attached hydrogens (primary N) is 1. The standard InChI is InChI=1S/C12H19N7/c1-4-5-19-7-15-18-11(19)9(3)16-10-8(2)6-14-12(13)17-10/h6-7,9H,4-5H2,1-3H3,(H3,13,14,16,17). The van der Waals surface area contributed by atoms with E-state index in [-0.39, 0.29) is 12.0 Å². The number of nitrogen functional groups attached to an aromatic ring is 1. The van der Waals surface area contributed by atoms with Crippen molar-refractivity contribution >= 4 is 11.8 Å². The lowest BCUT2D eigenvalue weighted by atomic mass is 10.2. The Bertz CT molecular complexity index is 549. The number of rotatable bonds is 5. The second kappa shape index (κ2) is 5.64. The van der Waals surface area contributed by atoms with E-state index in [0.717, 1.165) is 30.2 Å². The first kappa shape index (κ1) is 13.3. The fourth-order valence-electron chi connectivity index (χ4n) is 1.88. The summed E-state index contributed by atoms with van der Waals surface area (Å²) in [7, 11) is 0. The van der Waals surface area contributed by atoms with Crippen LogP contribution in [0, 0.1) is 6.92 Å². The summed E-state index contributed by atoms with van der Waals surface area (Å²) in [4.78, 5) is 8.15. The van der Waals surface area contributed by atoms with E-state index >= 15 is 0 Å². The van der Waals surface area contributed by atoms with Crippen molar-refractivity contribution in [1.29, 1.82) is 0 Å². The van der Waals surface area contributed by atoms with E-state index in [4.69, 9.17) is 5.73 Å². The Kier molecular flexibility index (Phi) is 3.94. The predicted octanol–water partition coefficient (Wildman–Crippen LogP) is 1.54. The molecular formula is C12H19N7. The molecule has 2 aromatic rings. The van der Waals surface area contributed by atoms with E-state index in [9.17, 15) is 0 Å². The summed E-state index contributed by atoms with van der Waals surface area (Å²) in [6.45, 7) is 6.98. The molecule has 102 valence electrons. The molecule has 19 heavy (non-hydrogen) atoms. The van der Waals surface area contributed by atoms with Crippen molar-refractivity contribution < 1.29 is 0 Å². The van der Waals surface area contributed by atoms with Crippen LogP contribution in [-0.4, -0.2) is 24.7 Å². The fraction of sp³-hybridized carbons (Fsp3) is 0.500. The molecule has 3 N–H and O–H groups in total. The number of nitrogens with zero attached hydrogens (tertiary/aromatic N) is 5. The molecule has 0 bridgehead atoms. The molecule has 2 rings (SSSR count). The Hall–Kier alpha value is -2.18. The zero-order valence-corrected chi connectivity index (χ0v) is 11.5. The summed E-state index contributed by atoms with van der Waals surface area (Å²) in [5.74, 6) is 1.87. The van der Waals surface area contributed by atoms with Gasteiger partial charge in [-0.25, -0.2) is 4.98 Å². The van der Waals surface area contributed by atoms with Gasteiger partial charge in [0.1, 0.15) is 12.1 Å². The highest BCUT2D eigenvalue weighted by Crippen LogP contribution is 2.19. The number of nitrogens with one attached hydrogen (secondary N) is 1. The minimum Gasteiger partial charge on any atom is -0.368 e. The van der Waals surface area contributed by atoms with Gasteiger partial charge in [-0.05, 0) is 20.3 Å². The highest BCUT2D eigenvalue weighted by molar-refractivity contribution is 5.46.